The number of benzene rings is 2. The first-order valence-corrected chi connectivity index (χ1v) is 11.1. The molecule has 1 aliphatic heterocycles. The van der Waals surface area contributed by atoms with Gasteiger partial charge in [-0.05, 0) is 88.2 Å². The van der Waals surface area contributed by atoms with E-state index < -0.39 is 0 Å². The van der Waals surface area contributed by atoms with Crippen LogP contribution in [0.25, 0.3) is 21.8 Å². The molecule has 0 unspecified atom stereocenters. The van der Waals surface area contributed by atoms with Gasteiger partial charge in [0.05, 0.1) is 29.0 Å². The number of nitrogen functional groups attached to an aromatic ring is 1. The van der Waals surface area contributed by atoms with Gasteiger partial charge in [0.25, 0.3) is 0 Å². The summed E-state index contributed by atoms with van der Waals surface area (Å²) in [4.78, 5) is 0. The molecule has 0 radical (unpaired) electrons. The number of H-pyrrole nitrogens is 2. The van der Waals surface area contributed by atoms with Crippen LogP contribution in [-0.2, 0) is 0 Å². The first kappa shape index (κ1) is 16.3. The van der Waals surface area contributed by atoms with E-state index in [1.807, 2.05) is 6.20 Å². The highest BCUT2D eigenvalue weighted by Crippen LogP contribution is 2.65. The second-order valence-corrected chi connectivity index (χ2v) is 9.80. The Balaban J connectivity index is 1.45. The third-order valence-electron chi connectivity index (χ3n) is 7.71. The van der Waals surface area contributed by atoms with Gasteiger partial charge in [-0.15, -0.1) is 0 Å². The Labute approximate surface area is 175 Å². The minimum Gasteiger partial charge on any atom is -0.382 e. The lowest BCUT2D eigenvalue weighted by atomic mass is 9.67. The van der Waals surface area contributed by atoms with Gasteiger partial charge in [0.1, 0.15) is 0 Å². The van der Waals surface area contributed by atoms with Crippen molar-refractivity contribution in [3.05, 3.63) is 46.1 Å². The van der Waals surface area contributed by atoms with Crippen LogP contribution in [0.1, 0.15) is 42.3 Å². The number of hydrogen-bond donors (Lipinski definition) is 4. The maximum atomic E-state index is 5.99. The number of hydrogen-bond acceptors (Lipinski definition) is 4. The molecular weight excluding hydrogens is 428 g/mol. The molecule has 2 aliphatic carbocycles. The van der Waals surface area contributed by atoms with Gasteiger partial charge in [-0.3, -0.25) is 10.2 Å². The second kappa shape index (κ2) is 5.53. The van der Waals surface area contributed by atoms with E-state index in [4.69, 9.17) is 5.73 Å². The quantitative estimate of drug-likeness (QED) is 0.326. The number of fused-ring (bicyclic) bond motifs is 10. The molecule has 3 heterocycles. The van der Waals surface area contributed by atoms with E-state index in [-0.39, 0.29) is 6.04 Å². The molecule has 146 valence electrons. The SMILES string of the molecule is Nc1n[nH]c2cc([C@@H]3Nc4c(Br)cc5[nH]ncc5c4[C@H]4[C@@H]5CC[C@@H](C5)[C@H]43)ccc12. The molecule has 6 nitrogen and oxygen atoms in total. The molecular formula is C22H21BrN6. The summed E-state index contributed by atoms with van der Waals surface area (Å²) >= 11 is 3.84. The predicted molar refractivity (Wildman–Crippen MR) is 118 cm³/mol. The van der Waals surface area contributed by atoms with Gasteiger partial charge in [0.15, 0.2) is 5.82 Å². The number of aromatic amines is 2. The third-order valence-corrected chi connectivity index (χ3v) is 8.34. The molecule has 5 N–H and O–H groups in total. The molecule has 2 aromatic carbocycles. The summed E-state index contributed by atoms with van der Waals surface area (Å²) in [6.45, 7) is 0. The number of aromatic nitrogens is 4. The molecule has 29 heavy (non-hydrogen) atoms. The summed E-state index contributed by atoms with van der Waals surface area (Å²) in [5.74, 6) is 3.30. The molecule has 7 heteroatoms. The summed E-state index contributed by atoms with van der Waals surface area (Å²) in [5, 5.41) is 21.0. The van der Waals surface area contributed by atoms with Crippen LogP contribution < -0.4 is 11.1 Å². The van der Waals surface area contributed by atoms with Gasteiger partial charge >= 0.3 is 0 Å². The Morgan fingerprint density at radius 2 is 1.90 bits per heavy atom. The number of anilines is 2. The van der Waals surface area contributed by atoms with Gasteiger partial charge in [-0.2, -0.15) is 10.2 Å². The molecule has 0 spiro atoms. The summed E-state index contributed by atoms with van der Waals surface area (Å²) in [6, 6.07) is 9.01. The molecule has 2 bridgehead atoms. The molecule has 0 amide bonds. The summed E-state index contributed by atoms with van der Waals surface area (Å²) in [7, 11) is 0. The summed E-state index contributed by atoms with van der Waals surface area (Å²) in [5.41, 5.74) is 12.1. The molecule has 2 fully saturated rings. The lowest BCUT2D eigenvalue weighted by Gasteiger charge is -2.44. The predicted octanol–water partition coefficient (Wildman–Crippen LogP) is 5.08. The fourth-order valence-corrected chi connectivity index (χ4v) is 7.19. The Kier molecular flexibility index (Phi) is 3.11. The fourth-order valence-electron chi connectivity index (χ4n) is 6.63. The van der Waals surface area contributed by atoms with Crippen molar-refractivity contribution in [1.82, 2.24) is 20.4 Å². The minimum atomic E-state index is 0.289. The lowest BCUT2D eigenvalue weighted by Crippen LogP contribution is -2.35. The number of rotatable bonds is 1. The molecule has 0 saturated heterocycles. The first-order valence-electron chi connectivity index (χ1n) is 10.3. The van der Waals surface area contributed by atoms with Crippen LogP contribution in [0.15, 0.2) is 34.9 Å². The normalized spacial score (nSPS) is 29.9. The Morgan fingerprint density at radius 1 is 1.03 bits per heavy atom. The molecule has 5 atom stereocenters. The highest BCUT2D eigenvalue weighted by atomic mass is 79.9. The molecule has 4 aromatic rings. The Hall–Kier alpha value is -2.54. The van der Waals surface area contributed by atoms with Crippen LogP contribution in [0.3, 0.4) is 0 Å². The third kappa shape index (κ3) is 2.06. The first-order chi connectivity index (χ1) is 14.2. The van der Waals surface area contributed by atoms with Crippen LogP contribution in [-0.4, -0.2) is 20.4 Å². The second-order valence-electron chi connectivity index (χ2n) is 8.95. The summed E-state index contributed by atoms with van der Waals surface area (Å²) in [6.07, 6.45) is 6.05. The monoisotopic (exact) mass is 448 g/mol. The Morgan fingerprint density at radius 3 is 2.83 bits per heavy atom. The highest BCUT2D eigenvalue weighted by molar-refractivity contribution is 9.10. The van der Waals surface area contributed by atoms with Crippen LogP contribution in [0.4, 0.5) is 11.5 Å². The van der Waals surface area contributed by atoms with E-state index >= 15 is 0 Å². The minimum absolute atomic E-state index is 0.289. The average molecular weight is 449 g/mol. The van der Waals surface area contributed by atoms with Crippen molar-refractivity contribution < 1.29 is 0 Å². The Bertz CT molecular complexity index is 1290. The number of halogens is 1. The van der Waals surface area contributed by atoms with Gasteiger partial charge < -0.3 is 11.1 Å². The maximum Gasteiger partial charge on any atom is 0.153 e. The zero-order valence-corrected chi connectivity index (χ0v) is 17.3. The summed E-state index contributed by atoms with van der Waals surface area (Å²) < 4.78 is 1.11. The molecule has 2 saturated carbocycles. The van der Waals surface area contributed by atoms with E-state index in [1.165, 1.54) is 41.5 Å². The molecule has 2 aromatic heterocycles. The van der Waals surface area contributed by atoms with E-state index in [0.29, 0.717) is 17.7 Å². The van der Waals surface area contributed by atoms with Crippen molar-refractivity contribution in [2.75, 3.05) is 11.1 Å². The zero-order chi connectivity index (χ0) is 19.3. The largest absolute Gasteiger partial charge is 0.382 e. The van der Waals surface area contributed by atoms with Crippen molar-refractivity contribution in [3.8, 4) is 0 Å². The highest BCUT2D eigenvalue weighted by Gasteiger charge is 2.54. The van der Waals surface area contributed by atoms with Gasteiger partial charge in [0.2, 0.25) is 0 Å². The van der Waals surface area contributed by atoms with Crippen molar-refractivity contribution in [1.29, 1.82) is 0 Å². The number of nitrogens with one attached hydrogen (secondary N) is 3. The standard InChI is InChI=1S/C22H21BrN6/c23-14-7-16-13(8-25-27-16)19-17-9-1-2-10(5-9)18(17)20(26-21(14)19)11-3-4-12-15(6-11)28-29-22(12)24/h3-4,6-10,17-18,20,26H,1-2,5H2,(H,25,27)(H3,24,28,29)/t9-,10+,17+,18-,20+/m1/s1. The topological polar surface area (TPSA) is 95.4 Å². The van der Waals surface area contributed by atoms with Crippen LogP contribution in [0.2, 0.25) is 0 Å². The number of nitrogens with zero attached hydrogens (tertiary/aromatic N) is 2. The van der Waals surface area contributed by atoms with E-state index in [2.05, 4.69) is 65.9 Å². The average Bonchev–Trinajstić information content (AvgIpc) is 3.51. The van der Waals surface area contributed by atoms with E-state index in [1.54, 1.807) is 0 Å². The van der Waals surface area contributed by atoms with Crippen molar-refractivity contribution in [3.63, 3.8) is 0 Å². The fraction of sp³-hybridized carbons (Fsp3) is 0.364. The maximum absolute atomic E-state index is 5.99. The smallest absolute Gasteiger partial charge is 0.153 e. The van der Waals surface area contributed by atoms with E-state index in [0.717, 1.165) is 32.7 Å². The van der Waals surface area contributed by atoms with Crippen LogP contribution in [0, 0.1) is 17.8 Å². The van der Waals surface area contributed by atoms with Gasteiger partial charge in [-0.1, -0.05) is 6.07 Å². The molecule has 7 rings (SSSR count). The lowest BCUT2D eigenvalue weighted by molar-refractivity contribution is 0.249. The number of nitrogens with two attached hydrogens (primary N) is 1. The van der Waals surface area contributed by atoms with Gasteiger partial charge in [-0.25, -0.2) is 0 Å². The van der Waals surface area contributed by atoms with Crippen molar-refractivity contribution >= 4 is 49.2 Å². The zero-order valence-electron chi connectivity index (χ0n) is 15.7. The van der Waals surface area contributed by atoms with E-state index in [9.17, 15) is 0 Å². The van der Waals surface area contributed by atoms with Crippen molar-refractivity contribution in [2.45, 2.75) is 31.2 Å². The van der Waals surface area contributed by atoms with Gasteiger partial charge in [0, 0.05) is 15.2 Å². The molecule has 3 aliphatic rings. The van der Waals surface area contributed by atoms with Crippen molar-refractivity contribution in [2.24, 2.45) is 17.8 Å². The van der Waals surface area contributed by atoms with Crippen LogP contribution in [0.5, 0.6) is 0 Å². The van der Waals surface area contributed by atoms with Crippen LogP contribution >= 0.6 is 15.9 Å².